The molecule has 0 saturated heterocycles. The van der Waals surface area contributed by atoms with Crippen LogP contribution < -0.4 is 0 Å². The summed E-state index contributed by atoms with van der Waals surface area (Å²) in [7, 11) is 0. The van der Waals surface area contributed by atoms with Crippen molar-refractivity contribution in [3.8, 4) is 0 Å². The maximum absolute atomic E-state index is 7.99. The molecule has 1 rings (SSSR count). The van der Waals surface area contributed by atoms with Crippen molar-refractivity contribution in [2.24, 2.45) is 5.11 Å². The summed E-state index contributed by atoms with van der Waals surface area (Å²) in [6.45, 7) is 0.588. The molecule has 0 saturated carbocycles. The topological polar surface area (TPSA) is 77.4 Å². The average Bonchev–Trinajstić information content (AvgIpc) is 2.57. The van der Waals surface area contributed by atoms with Gasteiger partial charge in [0.05, 0.1) is 6.33 Å². The Bertz CT molecular complexity index is 247. The van der Waals surface area contributed by atoms with Gasteiger partial charge < -0.3 is 4.98 Å². The fourth-order valence-corrected chi connectivity index (χ4v) is 0.964. The molecule has 1 aromatic rings. The Morgan fingerprint density at radius 2 is 2.50 bits per heavy atom. The van der Waals surface area contributed by atoms with E-state index >= 15 is 0 Å². The fourth-order valence-electron chi connectivity index (χ4n) is 0.964. The number of nitrogens with zero attached hydrogens (tertiary/aromatic N) is 4. The first-order valence-electron chi connectivity index (χ1n) is 3.91. The Morgan fingerprint density at radius 3 is 3.17 bits per heavy atom. The third-order valence-electron chi connectivity index (χ3n) is 1.57. The van der Waals surface area contributed by atoms with Gasteiger partial charge in [0, 0.05) is 23.3 Å². The lowest BCUT2D eigenvalue weighted by Gasteiger charge is -1.93. The number of H-pyrrole nitrogens is 1. The van der Waals surface area contributed by atoms with Crippen LogP contribution in [-0.2, 0) is 6.42 Å². The Labute approximate surface area is 70.5 Å². The lowest BCUT2D eigenvalue weighted by atomic mass is 10.2. The van der Waals surface area contributed by atoms with Crippen molar-refractivity contribution < 1.29 is 0 Å². The molecule has 64 valence electrons. The lowest BCUT2D eigenvalue weighted by Crippen LogP contribution is -1.86. The molecule has 0 aliphatic heterocycles. The van der Waals surface area contributed by atoms with E-state index in [0.717, 1.165) is 25.0 Å². The van der Waals surface area contributed by atoms with E-state index in [1.54, 1.807) is 6.33 Å². The van der Waals surface area contributed by atoms with Gasteiger partial charge in [-0.2, -0.15) is 0 Å². The SMILES string of the molecule is [N-]=[N+]=NCCCCc1cnc[nH]1. The summed E-state index contributed by atoms with van der Waals surface area (Å²) in [4.78, 5) is 9.59. The highest BCUT2D eigenvalue weighted by Gasteiger charge is 1.92. The molecule has 5 nitrogen and oxygen atoms in total. The predicted molar refractivity (Wildman–Crippen MR) is 45.5 cm³/mol. The number of nitrogens with one attached hydrogen (secondary N) is 1. The molecule has 12 heavy (non-hydrogen) atoms. The molecule has 0 aliphatic rings. The molecule has 0 unspecified atom stereocenters. The summed E-state index contributed by atoms with van der Waals surface area (Å²) in [6.07, 6.45) is 6.42. The number of imidazole rings is 1. The van der Waals surface area contributed by atoms with Gasteiger partial charge in [0.1, 0.15) is 0 Å². The van der Waals surface area contributed by atoms with E-state index in [9.17, 15) is 0 Å². The zero-order valence-electron chi connectivity index (χ0n) is 6.77. The molecular formula is C7H11N5. The highest BCUT2D eigenvalue weighted by atomic mass is 15.1. The monoisotopic (exact) mass is 165 g/mol. The minimum Gasteiger partial charge on any atom is -0.348 e. The first-order chi connectivity index (χ1) is 5.93. The Kier molecular flexibility index (Phi) is 3.74. The minimum atomic E-state index is 0.588. The van der Waals surface area contributed by atoms with Crippen molar-refractivity contribution in [3.05, 3.63) is 28.7 Å². The third-order valence-corrected chi connectivity index (χ3v) is 1.57. The van der Waals surface area contributed by atoms with Crippen molar-refractivity contribution >= 4 is 0 Å². The van der Waals surface area contributed by atoms with Crippen LogP contribution in [0.25, 0.3) is 10.4 Å². The number of rotatable bonds is 5. The summed E-state index contributed by atoms with van der Waals surface area (Å²) in [5, 5.41) is 3.45. The van der Waals surface area contributed by atoms with E-state index in [-0.39, 0.29) is 0 Å². The molecule has 0 bridgehead atoms. The van der Waals surface area contributed by atoms with Crippen LogP contribution in [-0.4, -0.2) is 16.5 Å². The molecule has 1 aromatic heterocycles. The molecule has 0 aliphatic carbocycles. The quantitative estimate of drug-likeness (QED) is 0.308. The molecule has 1 heterocycles. The first kappa shape index (κ1) is 8.62. The van der Waals surface area contributed by atoms with Gasteiger partial charge in [-0.3, -0.25) is 0 Å². The second kappa shape index (κ2) is 5.21. The van der Waals surface area contributed by atoms with E-state index < -0.39 is 0 Å². The van der Waals surface area contributed by atoms with Crippen molar-refractivity contribution in [2.45, 2.75) is 19.3 Å². The van der Waals surface area contributed by atoms with Gasteiger partial charge in [-0.05, 0) is 24.8 Å². The molecule has 0 amide bonds. The maximum atomic E-state index is 7.99. The standard InChI is InChI=1S/C7H11N5/c8-12-11-4-2-1-3-7-5-9-6-10-7/h5-6H,1-4H2,(H,9,10). The van der Waals surface area contributed by atoms with E-state index in [0.29, 0.717) is 6.54 Å². The maximum Gasteiger partial charge on any atom is 0.0921 e. The highest BCUT2D eigenvalue weighted by Crippen LogP contribution is 1.99. The second-order valence-electron chi connectivity index (χ2n) is 2.49. The summed E-state index contributed by atoms with van der Waals surface area (Å²) < 4.78 is 0. The molecule has 5 heteroatoms. The highest BCUT2D eigenvalue weighted by molar-refractivity contribution is 4.93. The van der Waals surface area contributed by atoms with E-state index in [4.69, 9.17) is 5.53 Å². The zero-order valence-corrected chi connectivity index (χ0v) is 6.77. The summed E-state index contributed by atoms with van der Waals surface area (Å²) in [5.74, 6) is 0. The molecular weight excluding hydrogens is 154 g/mol. The van der Waals surface area contributed by atoms with Gasteiger partial charge in [-0.25, -0.2) is 4.98 Å². The van der Waals surface area contributed by atoms with Gasteiger partial charge in [0.15, 0.2) is 0 Å². The van der Waals surface area contributed by atoms with Crippen LogP contribution in [0.3, 0.4) is 0 Å². The number of unbranched alkanes of at least 4 members (excludes halogenated alkanes) is 1. The Morgan fingerprint density at radius 1 is 1.58 bits per heavy atom. The number of aromatic nitrogens is 2. The van der Waals surface area contributed by atoms with Crippen LogP contribution in [0.15, 0.2) is 17.6 Å². The van der Waals surface area contributed by atoms with Crippen molar-refractivity contribution in [3.63, 3.8) is 0 Å². The van der Waals surface area contributed by atoms with Crippen molar-refractivity contribution in [1.29, 1.82) is 0 Å². The Balaban J connectivity index is 2.07. The van der Waals surface area contributed by atoms with Crippen molar-refractivity contribution in [2.75, 3.05) is 6.54 Å². The van der Waals surface area contributed by atoms with E-state index in [1.165, 1.54) is 0 Å². The van der Waals surface area contributed by atoms with Gasteiger partial charge in [-0.15, -0.1) is 0 Å². The normalized spacial score (nSPS) is 9.33. The summed E-state index contributed by atoms with van der Waals surface area (Å²) in [6, 6.07) is 0. The number of aryl methyl sites for hydroxylation is 1. The molecule has 1 N–H and O–H groups in total. The minimum absolute atomic E-state index is 0.588. The number of hydrogen-bond donors (Lipinski definition) is 1. The fraction of sp³-hybridized carbons (Fsp3) is 0.571. The molecule has 0 spiro atoms. The number of azide groups is 1. The molecule has 0 aromatic carbocycles. The first-order valence-corrected chi connectivity index (χ1v) is 3.91. The average molecular weight is 165 g/mol. The van der Waals surface area contributed by atoms with E-state index in [2.05, 4.69) is 20.0 Å². The predicted octanol–water partition coefficient (Wildman–Crippen LogP) is 2.04. The summed E-state index contributed by atoms with van der Waals surface area (Å²) in [5.41, 5.74) is 9.13. The second-order valence-corrected chi connectivity index (χ2v) is 2.49. The zero-order chi connectivity index (χ0) is 8.65. The third kappa shape index (κ3) is 3.07. The molecule has 0 fully saturated rings. The number of hydrogen-bond acceptors (Lipinski definition) is 2. The van der Waals surface area contributed by atoms with Crippen molar-refractivity contribution in [1.82, 2.24) is 9.97 Å². The van der Waals surface area contributed by atoms with Gasteiger partial charge >= 0.3 is 0 Å². The van der Waals surface area contributed by atoms with Crippen LogP contribution in [0.1, 0.15) is 18.5 Å². The van der Waals surface area contributed by atoms with Crippen LogP contribution in [0.4, 0.5) is 0 Å². The van der Waals surface area contributed by atoms with Gasteiger partial charge in [0.2, 0.25) is 0 Å². The van der Waals surface area contributed by atoms with E-state index in [1.807, 2.05) is 6.20 Å². The van der Waals surface area contributed by atoms with Crippen LogP contribution in [0.5, 0.6) is 0 Å². The van der Waals surface area contributed by atoms with Crippen LogP contribution >= 0.6 is 0 Å². The Hall–Kier alpha value is -1.48. The van der Waals surface area contributed by atoms with Crippen LogP contribution in [0, 0.1) is 0 Å². The van der Waals surface area contributed by atoms with Crippen LogP contribution in [0.2, 0.25) is 0 Å². The number of aromatic amines is 1. The largest absolute Gasteiger partial charge is 0.348 e. The van der Waals surface area contributed by atoms with Gasteiger partial charge in [-0.1, -0.05) is 5.11 Å². The lowest BCUT2D eigenvalue weighted by molar-refractivity contribution is 0.733. The van der Waals surface area contributed by atoms with Gasteiger partial charge in [0.25, 0.3) is 0 Å². The smallest absolute Gasteiger partial charge is 0.0921 e. The summed E-state index contributed by atoms with van der Waals surface area (Å²) >= 11 is 0. The molecule has 0 radical (unpaired) electrons. The molecule has 0 atom stereocenters.